The molecule has 5 nitrogen and oxygen atoms in total. The fraction of sp³-hybridized carbons (Fsp3) is 0.765. The number of likely N-dealkylation sites (tertiary alicyclic amines) is 1. The van der Waals surface area contributed by atoms with Gasteiger partial charge in [0.2, 0.25) is 5.91 Å². The van der Waals surface area contributed by atoms with Crippen LogP contribution in [0.25, 0.3) is 0 Å². The van der Waals surface area contributed by atoms with E-state index in [1.54, 1.807) is 11.3 Å². The van der Waals surface area contributed by atoms with Gasteiger partial charge in [-0.05, 0) is 38.5 Å². The maximum atomic E-state index is 12.2. The van der Waals surface area contributed by atoms with E-state index in [2.05, 4.69) is 15.3 Å². The number of aryl methyl sites for hydroxylation is 1. The zero-order valence-electron chi connectivity index (χ0n) is 13.8. The lowest BCUT2D eigenvalue weighted by atomic mass is 9.89. The molecule has 23 heavy (non-hydrogen) atoms. The molecule has 1 saturated carbocycles. The van der Waals surface area contributed by atoms with E-state index in [4.69, 9.17) is 4.74 Å². The zero-order chi connectivity index (χ0) is 15.9. The van der Waals surface area contributed by atoms with Crippen molar-refractivity contribution in [2.75, 3.05) is 32.8 Å². The minimum Gasteiger partial charge on any atom is -0.363 e. The first-order chi connectivity index (χ1) is 11.1. The number of piperidine rings is 1. The topological polar surface area (TPSA) is 45.7 Å². The van der Waals surface area contributed by atoms with Crippen LogP contribution in [0, 0.1) is 12.8 Å². The normalized spacial score (nSPS) is 25.3. The van der Waals surface area contributed by atoms with Crippen molar-refractivity contribution in [3.63, 3.8) is 0 Å². The van der Waals surface area contributed by atoms with E-state index in [1.807, 2.05) is 11.8 Å². The van der Waals surface area contributed by atoms with Gasteiger partial charge in [0.05, 0.1) is 29.4 Å². The molecule has 0 radical (unpaired) electrons. The Kier molecular flexibility index (Phi) is 4.15. The molecular formula is C17H25N3O2S. The molecule has 0 bridgehead atoms. The van der Waals surface area contributed by atoms with Gasteiger partial charge in [-0.2, -0.15) is 0 Å². The highest BCUT2D eigenvalue weighted by molar-refractivity contribution is 7.09. The molecule has 2 aliphatic heterocycles. The lowest BCUT2D eigenvalue weighted by Crippen LogP contribution is -2.58. The molecule has 3 aliphatic rings. The van der Waals surface area contributed by atoms with Crippen molar-refractivity contribution in [3.8, 4) is 0 Å². The first-order valence-corrected chi connectivity index (χ1v) is 9.55. The SMILES string of the molecule is Cc1nc(CN2CC3(CCN(CC4CC4)CC3)OCC2=O)cs1. The van der Waals surface area contributed by atoms with Gasteiger partial charge in [-0.15, -0.1) is 11.3 Å². The molecule has 1 spiro atoms. The lowest BCUT2D eigenvalue weighted by Gasteiger charge is -2.47. The molecule has 6 heteroatoms. The number of thiazole rings is 1. The van der Waals surface area contributed by atoms with Crippen LogP contribution in [0.15, 0.2) is 5.38 Å². The third-order valence-corrected chi connectivity index (χ3v) is 6.16. The first-order valence-electron chi connectivity index (χ1n) is 8.67. The monoisotopic (exact) mass is 335 g/mol. The number of morpholine rings is 1. The molecule has 1 aliphatic carbocycles. The molecule has 3 heterocycles. The number of ether oxygens (including phenoxy) is 1. The third kappa shape index (κ3) is 3.59. The second kappa shape index (κ2) is 6.15. The average molecular weight is 335 g/mol. The smallest absolute Gasteiger partial charge is 0.249 e. The van der Waals surface area contributed by atoms with Crippen LogP contribution in [-0.2, 0) is 16.1 Å². The Morgan fingerprint density at radius 3 is 2.83 bits per heavy atom. The van der Waals surface area contributed by atoms with Gasteiger partial charge in [0.15, 0.2) is 0 Å². The number of carbonyl (C=O) groups excluding carboxylic acids is 1. The van der Waals surface area contributed by atoms with Crippen molar-refractivity contribution in [1.29, 1.82) is 0 Å². The van der Waals surface area contributed by atoms with Crippen LogP contribution in [0.5, 0.6) is 0 Å². The second-order valence-electron chi connectivity index (χ2n) is 7.32. The summed E-state index contributed by atoms with van der Waals surface area (Å²) < 4.78 is 6.03. The van der Waals surface area contributed by atoms with Gasteiger partial charge in [-0.3, -0.25) is 4.79 Å². The molecule has 0 N–H and O–H groups in total. The Bertz CT molecular complexity index is 576. The Balaban J connectivity index is 1.37. The van der Waals surface area contributed by atoms with E-state index in [0.29, 0.717) is 6.54 Å². The molecule has 3 fully saturated rings. The van der Waals surface area contributed by atoms with Crippen LogP contribution in [0.2, 0.25) is 0 Å². The van der Waals surface area contributed by atoms with Crippen molar-refractivity contribution in [2.24, 2.45) is 5.92 Å². The van der Waals surface area contributed by atoms with Crippen molar-refractivity contribution in [1.82, 2.24) is 14.8 Å². The number of nitrogens with zero attached hydrogens (tertiary/aromatic N) is 3. The van der Waals surface area contributed by atoms with Crippen molar-refractivity contribution in [3.05, 3.63) is 16.1 Å². The molecule has 2 saturated heterocycles. The molecule has 4 rings (SSSR count). The van der Waals surface area contributed by atoms with Gasteiger partial charge in [0, 0.05) is 25.0 Å². The van der Waals surface area contributed by atoms with E-state index in [1.165, 1.54) is 19.4 Å². The van der Waals surface area contributed by atoms with Gasteiger partial charge in [0.1, 0.15) is 6.61 Å². The standard InChI is InChI=1S/C17H25N3O2S/c1-13-18-15(11-23-13)9-20-12-17(22-10-16(20)21)4-6-19(7-5-17)8-14-2-3-14/h11,14H,2-10,12H2,1H3. The van der Waals surface area contributed by atoms with Crippen molar-refractivity contribution < 1.29 is 9.53 Å². The maximum Gasteiger partial charge on any atom is 0.249 e. The van der Waals surface area contributed by atoms with Gasteiger partial charge in [-0.25, -0.2) is 4.98 Å². The van der Waals surface area contributed by atoms with Crippen molar-refractivity contribution >= 4 is 17.2 Å². The quantitative estimate of drug-likeness (QED) is 0.845. The Labute approximate surface area is 141 Å². The van der Waals surface area contributed by atoms with Gasteiger partial charge < -0.3 is 14.5 Å². The summed E-state index contributed by atoms with van der Waals surface area (Å²) in [6, 6.07) is 0. The fourth-order valence-electron chi connectivity index (χ4n) is 3.72. The van der Waals surface area contributed by atoms with E-state index in [0.717, 1.165) is 49.1 Å². The predicted octanol–water partition coefficient (Wildman–Crippen LogP) is 2.05. The molecule has 1 aromatic rings. The highest BCUT2D eigenvalue weighted by atomic mass is 32.1. The summed E-state index contributed by atoms with van der Waals surface area (Å²) in [6.45, 7) is 7.05. The third-order valence-electron chi connectivity index (χ3n) is 5.33. The van der Waals surface area contributed by atoms with E-state index in [-0.39, 0.29) is 18.1 Å². The molecule has 1 amide bonds. The number of hydrogen-bond acceptors (Lipinski definition) is 5. The maximum absolute atomic E-state index is 12.2. The minimum atomic E-state index is -0.126. The molecule has 0 unspecified atom stereocenters. The number of amides is 1. The van der Waals surface area contributed by atoms with Gasteiger partial charge >= 0.3 is 0 Å². The minimum absolute atomic E-state index is 0.0988. The molecule has 1 aromatic heterocycles. The van der Waals surface area contributed by atoms with Gasteiger partial charge in [0.25, 0.3) is 0 Å². The summed E-state index contributed by atoms with van der Waals surface area (Å²) in [5.74, 6) is 1.05. The highest BCUT2D eigenvalue weighted by Crippen LogP contribution is 2.34. The van der Waals surface area contributed by atoms with Gasteiger partial charge in [-0.1, -0.05) is 0 Å². The Morgan fingerprint density at radius 1 is 1.39 bits per heavy atom. The zero-order valence-corrected chi connectivity index (χ0v) is 14.6. The van der Waals surface area contributed by atoms with Crippen molar-refractivity contribution in [2.45, 2.75) is 44.8 Å². The van der Waals surface area contributed by atoms with E-state index >= 15 is 0 Å². The van der Waals surface area contributed by atoms with E-state index in [9.17, 15) is 4.79 Å². The Morgan fingerprint density at radius 2 is 2.17 bits per heavy atom. The summed E-state index contributed by atoms with van der Waals surface area (Å²) >= 11 is 1.65. The van der Waals surface area contributed by atoms with Crippen LogP contribution >= 0.6 is 11.3 Å². The molecule has 0 aromatic carbocycles. The second-order valence-corrected chi connectivity index (χ2v) is 8.39. The summed E-state index contributed by atoms with van der Waals surface area (Å²) in [5, 5.41) is 3.12. The molecular weight excluding hydrogens is 310 g/mol. The van der Waals surface area contributed by atoms with E-state index < -0.39 is 0 Å². The predicted molar refractivity (Wildman–Crippen MR) is 89.3 cm³/mol. The first kappa shape index (κ1) is 15.5. The summed E-state index contributed by atoms with van der Waals surface area (Å²) in [5.41, 5.74) is 0.878. The van der Waals surface area contributed by atoms with Crippen LogP contribution in [0.1, 0.15) is 36.4 Å². The summed E-state index contributed by atoms with van der Waals surface area (Å²) in [4.78, 5) is 21.2. The summed E-state index contributed by atoms with van der Waals surface area (Å²) in [7, 11) is 0. The van der Waals surface area contributed by atoms with Crippen LogP contribution in [0.4, 0.5) is 0 Å². The average Bonchev–Trinajstić information content (AvgIpc) is 3.27. The molecule has 0 atom stereocenters. The number of aromatic nitrogens is 1. The summed E-state index contributed by atoms with van der Waals surface area (Å²) in [6.07, 6.45) is 4.90. The number of rotatable bonds is 4. The number of hydrogen-bond donors (Lipinski definition) is 0. The van der Waals surface area contributed by atoms with Crippen LogP contribution in [-0.4, -0.2) is 59.1 Å². The van der Waals surface area contributed by atoms with Crippen LogP contribution in [0.3, 0.4) is 0 Å². The Hall–Kier alpha value is -0.980. The number of carbonyl (C=O) groups is 1. The fourth-order valence-corrected chi connectivity index (χ4v) is 4.32. The highest BCUT2D eigenvalue weighted by Gasteiger charge is 2.42. The molecule has 126 valence electrons. The lowest BCUT2D eigenvalue weighted by molar-refractivity contribution is -0.172. The largest absolute Gasteiger partial charge is 0.363 e. The van der Waals surface area contributed by atoms with Crippen LogP contribution < -0.4 is 0 Å².